The van der Waals surface area contributed by atoms with Crippen molar-refractivity contribution < 1.29 is 23.7 Å². The zero-order valence-electron chi connectivity index (χ0n) is 18.7. The van der Waals surface area contributed by atoms with Gasteiger partial charge in [0.25, 0.3) is 0 Å². The quantitative estimate of drug-likeness (QED) is 0.281. The van der Waals surface area contributed by atoms with Crippen LogP contribution in [0.4, 0.5) is 11.4 Å². The van der Waals surface area contributed by atoms with Crippen LogP contribution >= 0.6 is 11.8 Å². The highest BCUT2D eigenvalue weighted by molar-refractivity contribution is 7.99. The number of nitrogens with two attached hydrogens (primary N) is 1. The number of rotatable bonds is 11. The molecule has 176 valence electrons. The molecular formula is C21H26N6O5S. The minimum atomic E-state index is -0.254. The summed E-state index contributed by atoms with van der Waals surface area (Å²) in [7, 11) is 6.14. The van der Waals surface area contributed by atoms with Crippen LogP contribution in [-0.4, -0.2) is 55.0 Å². The first kappa shape index (κ1) is 23.9. The standard InChI is InChI=1S/C21H26N6O5S/c1-29-15-7-5-13(6-8-15)23-11-18-25-26-21(27(18)22)33-12-19(28)24-14-9-16(30-2)20(32-4)17(10-14)31-3/h5-10,23H,11-12,22H2,1-4H3,(H,24,28). The summed E-state index contributed by atoms with van der Waals surface area (Å²) < 4.78 is 22.4. The maximum Gasteiger partial charge on any atom is 0.234 e. The molecule has 1 amide bonds. The average Bonchev–Trinajstić information content (AvgIpc) is 3.20. The van der Waals surface area contributed by atoms with Crippen molar-refractivity contribution in [2.24, 2.45) is 0 Å². The van der Waals surface area contributed by atoms with Crippen molar-refractivity contribution in [1.29, 1.82) is 0 Å². The number of methoxy groups -OCH3 is 4. The fourth-order valence-electron chi connectivity index (χ4n) is 2.90. The third kappa shape index (κ3) is 5.92. The Labute approximate surface area is 195 Å². The van der Waals surface area contributed by atoms with E-state index < -0.39 is 0 Å². The predicted octanol–water partition coefficient (Wildman–Crippen LogP) is 2.37. The number of carbonyl (C=O) groups is 1. The average molecular weight is 475 g/mol. The molecular weight excluding hydrogens is 448 g/mol. The lowest BCUT2D eigenvalue weighted by Gasteiger charge is -2.14. The van der Waals surface area contributed by atoms with Gasteiger partial charge in [0, 0.05) is 23.5 Å². The third-order valence-electron chi connectivity index (χ3n) is 4.56. The Hall–Kier alpha value is -3.80. The number of nitrogens with zero attached hydrogens (tertiary/aromatic N) is 3. The molecule has 0 unspecified atom stereocenters. The van der Waals surface area contributed by atoms with Gasteiger partial charge in [-0.1, -0.05) is 11.8 Å². The topological polar surface area (TPSA) is 135 Å². The Kier molecular flexibility index (Phi) is 8.08. The van der Waals surface area contributed by atoms with E-state index in [2.05, 4.69) is 20.8 Å². The van der Waals surface area contributed by atoms with Crippen LogP contribution in [0.25, 0.3) is 0 Å². The highest BCUT2D eigenvalue weighted by atomic mass is 32.2. The molecule has 0 aliphatic heterocycles. The van der Waals surface area contributed by atoms with Crippen LogP contribution in [0.15, 0.2) is 41.6 Å². The smallest absolute Gasteiger partial charge is 0.234 e. The Morgan fingerprint density at radius 1 is 0.970 bits per heavy atom. The van der Waals surface area contributed by atoms with Gasteiger partial charge in [0.05, 0.1) is 40.7 Å². The molecule has 0 saturated carbocycles. The van der Waals surface area contributed by atoms with Crippen molar-refractivity contribution in [1.82, 2.24) is 14.9 Å². The van der Waals surface area contributed by atoms with E-state index in [1.54, 1.807) is 19.2 Å². The van der Waals surface area contributed by atoms with Gasteiger partial charge in [-0.05, 0) is 24.3 Å². The van der Waals surface area contributed by atoms with Crippen LogP contribution in [-0.2, 0) is 11.3 Å². The molecule has 4 N–H and O–H groups in total. The Bertz CT molecular complexity index is 1060. The number of hydrogen-bond donors (Lipinski definition) is 3. The van der Waals surface area contributed by atoms with Crippen molar-refractivity contribution >= 4 is 29.0 Å². The molecule has 33 heavy (non-hydrogen) atoms. The highest BCUT2D eigenvalue weighted by Crippen LogP contribution is 2.40. The van der Waals surface area contributed by atoms with E-state index in [0.29, 0.717) is 40.5 Å². The molecule has 1 aromatic heterocycles. The fourth-order valence-corrected chi connectivity index (χ4v) is 3.57. The van der Waals surface area contributed by atoms with E-state index in [4.69, 9.17) is 24.8 Å². The molecule has 0 bridgehead atoms. The maximum atomic E-state index is 12.5. The molecule has 3 rings (SSSR count). The van der Waals surface area contributed by atoms with Gasteiger partial charge in [-0.3, -0.25) is 4.79 Å². The summed E-state index contributed by atoms with van der Waals surface area (Å²) in [5.41, 5.74) is 1.39. The molecule has 1 heterocycles. The number of nitrogen functional groups attached to an aromatic ring is 1. The SMILES string of the molecule is COc1ccc(NCc2nnc(SCC(=O)Nc3cc(OC)c(OC)c(OC)c3)n2N)cc1. The number of nitrogens with one attached hydrogen (secondary N) is 2. The molecule has 11 nitrogen and oxygen atoms in total. The number of ether oxygens (including phenoxy) is 4. The van der Waals surface area contributed by atoms with Gasteiger partial charge in [0.2, 0.25) is 16.8 Å². The van der Waals surface area contributed by atoms with E-state index in [9.17, 15) is 4.79 Å². The van der Waals surface area contributed by atoms with Crippen LogP contribution in [0, 0.1) is 0 Å². The normalized spacial score (nSPS) is 10.4. The number of thioether (sulfide) groups is 1. The summed E-state index contributed by atoms with van der Waals surface area (Å²) in [4.78, 5) is 12.5. The summed E-state index contributed by atoms with van der Waals surface area (Å²) in [6.07, 6.45) is 0. The second-order valence-corrected chi connectivity index (χ2v) is 7.54. The zero-order valence-corrected chi connectivity index (χ0v) is 19.6. The summed E-state index contributed by atoms with van der Waals surface area (Å²) in [5, 5.41) is 14.6. The first-order valence-corrected chi connectivity index (χ1v) is 10.8. The van der Waals surface area contributed by atoms with Crippen LogP contribution in [0.5, 0.6) is 23.0 Å². The Balaban J connectivity index is 1.57. The van der Waals surface area contributed by atoms with Gasteiger partial charge < -0.3 is 35.4 Å². The lowest BCUT2D eigenvalue weighted by molar-refractivity contribution is -0.113. The summed E-state index contributed by atoms with van der Waals surface area (Å²) in [6, 6.07) is 10.8. The van der Waals surface area contributed by atoms with Crippen molar-refractivity contribution in [3.05, 3.63) is 42.2 Å². The van der Waals surface area contributed by atoms with Crippen LogP contribution in [0.3, 0.4) is 0 Å². The van der Waals surface area contributed by atoms with Gasteiger partial charge in [-0.15, -0.1) is 10.2 Å². The Morgan fingerprint density at radius 3 is 2.21 bits per heavy atom. The van der Waals surface area contributed by atoms with Gasteiger partial charge in [0.1, 0.15) is 5.75 Å². The fraction of sp³-hybridized carbons (Fsp3) is 0.286. The van der Waals surface area contributed by atoms with Crippen molar-refractivity contribution in [2.75, 3.05) is 50.7 Å². The predicted molar refractivity (Wildman–Crippen MR) is 126 cm³/mol. The lowest BCUT2D eigenvalue weighted by atomic mass is 10.2. The molecule has 0 fully saturated rings. The second kappa shape index (κ2) is 11.2. The molecule has 2 aromatic carbocycles. The van der Waals surface area contributed by atoms with E-state index in [0.717, 1.165) is 11.4 Å². The Morgan fingerprint density at radius 2 is 1.64 bits per heavy atom. The van der Waals surface area contributed by atoms with Crippen molar-refractivity contribution in [3.63, 3.8) is 0 Å². The lowest BCUT2D eigenvalue weighted by Crippen LogP contribution is -2.18. The number of hydrogen-bond acceptors (Lipinski definition) is 10. The first-order chi connectivity index (χ1) is 16.0. The highest BCUT2D eigenvalue weighted by Gasteiger charge is 2.16. The third-order valence-corrected chi connectivity index (χ3v) is 5.50. The van der Waals surface area contributed by atoms with E-state index in [1.165, 1.54) is 37.8 Å². The molecule has 12 heteroatoms. The second-order valence-electron chi connectivity index (χ2n) is 6.60. The molecule has 3 aromatic rings. The van der Waals surface area contributed by atoms with E-state index >= 15 is 0 Å². The number of carbonyl (C=O) groups excluding carboxylic acids is 1. The van der Waals surface area contributed by atoms with Gasteiger partial charge >= 0.3 is 0 Å². The summed E-state index contributed by atoms with van der Waals surface area (Å²) in [5.74, 6) is 8.54. The monoisotopic (exact) mass is 474 g/mol. The van der Waals surface area contributed by atoms with E-state index in [-0.39, 0.29) is 11.7 Å². The maximum absolute atomic E-state index is 12.5. The van der Waals surface area contributed by atoms with Gasteiger partial charge in [0.15, 0.2) is 17.3 Å². The van der Waals surface area contributed by atoms with Crippen molar-refractivity contribution in [2.45, 2.75) is 11.7 Å². The molecule has 0 spiro atoms. The van der Waals surface area contributed by atoms with Crippen LogP contribution in [0.2, 0.25) is 0 Å². The van der Waals surface area contributed by atoms with Gasteiger partial charge in [-0.25, -0.2) is 4.68 Å². The van der Waals surface area contributed by atoms with Gasteiger partial charge in [-0.2, -0.15) is 0 Å². The number of amides is 1. The largest absolute Gasteiger partial charge is 0.497 e. The summed E-state index contributed by atoms with van der Waals surface area (Å²) in [6.45, 7) is 0.369. The minimum absolute atomic E-state index is 0.0813. The molecule has 0 saturated heterocycles. The van der Waals surface area contributed by atoms with Crippen molar-refractivity contribution in [3.8, 4) is 23.0 Å². The van der Waals surface area contributed by atoms with E-state index in [1.807, 2.05) is 24.3 Å². The number of benzene rings is 2. The number of anilines is 2. The summed E-state index contributed by atoms with van der Waals surface area (Å²) >= 11 is 1.17. The molecule has 0 atom stereocenters. The first-order valence-electron chi connectivity index (χ1n) is 9.79. The zero-order chi connectivity index (χ0) is 23.8. The minimum Gasteiger partial charge on any atom is -0.497 e. The van der Waals surface area contributed by atoms with Crippen LogP contribution in [0.1, 0.15) is 5.82 Å². The molecule has 0 aliphatic carbocycles. The van der Waals surface area contributed by atoms with Crippen LogP contribution < -0.4 is 35.4 Å². The number of aromatic nitrogens is 3. The molecule has 0 radical (unpaired) electrons. The molecule has 0 aliphatic rings.